The van der Waals surface area contributed by atoms with Crippen molar-refractivity contribution >= 4 is 44.8 Å². The summed E-state index contributed by atoms with van der Waals surface area (Å²) in [7, 11) is 0. The van der Waals surface area contributed by atoms with E-state index in [0.29, 0.717) is 21.9 Å². The van der Waals surface area contributed by atoms with E-state index in [1.54, 1.807) is 11.4 Å². The van der Waals surface area contributed by atoms with Gasteiger partial charge < -0.3 is 9.47 Å². The molecule has 22 heavy (non-hydrogen) atoms. The van der Waals surface area contributed by atoms with Crippen LogP contribution in [-0.4, -0.2) is 17.5 Å². The van der Waals surface area contributed by atoms with Crippen LogP contribution in [0.3, 0.4) is 0 Å². The number of nitrogens with zero attached hydrogens (tertiary/aromatic N) is 1. The Morgan fingerprint density at radius 1 is 1.32 bits per heavy atom. The van der Waals surface area contributed by atoms with E-state index in [-0.39, 0.29) is 18.3 Å². The molecule has 0 saturated carbocycles. The molecule has 1 aromatic heterocycles. The van der Waals surface area contributed by atoms with Crippen molar-refractivity contribution in [3.63, 3.8) is 0 Å². The molecule has 0 bridgehead atoms. The summed E-state index contributed by atoms with van der Waals surface area (Å²) in [5.41, 5.74) is 0.152. The van der Waals surface area contributed by atoms with Crippen LogP contribution in [-0.2, 0) is 0 Å². The van der Waals surface area contributed by atoms with Crippen molar-refractivity contribution in [1.29, 1.82) is 0 Å². The Labute approximate surface area is 137 Å². The fourth-order valence-corrected chi connectivity index (χ4v) is 3.28. The lowest BCUT2D eigenvalue weighted by Gasteiger charge is -2.00. The summed E-state index contributed by atoms with van der Waals surface area (Å²) in [6.07, 6.45) is 2.72. The SMILES string of the molecule is O=C(/C=C/c1cc2c(cc1[N+](=O)[O-])OCO2)c1cc(Br)cs1. The zero-order valence-electron chi connectivity index (χ0n) is 10.9. The molecular formula is C14H8BrNO5S. The van der Waals surface area contributed by atoms with E-state index in [1.165, 1.54) is 35.6 Å². The molecule has 0 spiro atoms. The maximum absolute atomic E-state index is 12.0. The van der Waals surface area contributed by atoms with Crippen molar-refractivity contribution in [3.8, 4) is 11.5 Å². The van der Waals surface area contributed by atoms with Gasteiger partial charge in [-0.25, -0.2) is 0 Å². The monoisotopic (exact) mass is 381 g/mol. The third-order valence-electron chi connectivity index (χ3n) is 2.94. The summed E-state index contributed by atoms with van der Waals surface area (Å²) in [5, 5.41) is 12.9. The van der Waals surface area contributed by atoms with Gasteiger partial charge in [-0.2, -0.15) is 0 Å². The van der Waals surface area contributed by atoms with Gasteiger partial charge in [0, 0.05) is 9.85 Å². The van der Waals surface area contributed by atoms with Crippen LogP contribution in [0, 0.1) is 10.1 Å². The third kappa shape index (κ3) is 2.88. The minimum absolute atomic E-state index is 0.0296. The minimum atomic E-state index is -0.520. The number of ketones is 1. The topological polar surface area (TPSA) is 78.7 Å². The van der Waals surface area contributed by atoms with Crippen LogP contribution in [0.2, 0.25) is 0 Å². The summed E-state index contributed by atoms with van der Waals surface area (Å²) in [4.78, 5) is 23.2. The molecule has 2 aromatic rings. The predicted molar refractivity (Wildman–Crippen MR) is 84.6 cm³/mol. The lowest BCUT2D eigenvalue weighted by Crippen LogP contribution is -1.93. The molecule has 1 aliphatic rings. The maximum atomic E-state index is 12.0. The first-order valence-electron chi connectivity index (χ1n) is 6.09. The van der Waals surface area contributed by atoms with E-state index < -0.39 is 4.92 Å². The van der Waals surface area contributed by atoms with Crippen LogP contribution in [0.5, 0.6) is 11.5 Å². The normalized spacial score (nSPS) is 12.8. The van der Waals surface area contributed by atoms with Gasteiger partial charge in [-0.15, -0.1) is 11.3 Å². The Hall–Kier alpha value is -2.19. The first-order valence-corrected chi connectivity index (χ1v) is 7.76. The van der Waals surface area contributed by atoms with Gasteiger partial charge in [-0.3, -0.25) is 14.9 Å². The number of benzene rings is 1. The first-order chi connectivity index (χ1) is 10.5. The molecule has 3 rings (SSSR count). The number of nitro benzene ring substituents is 1. The number of allylic oxidation sites excluding steroid dienone is 1. The van der Waals surface area contributed by atoms with Crippen molar-refractivity contribution < 1.29 is 19.2 Å². The molecular weight excluding hydrogens is 374 g/mol. The molecule has 112 valence electrons. The summed E-state index contributed by atoms with van der Waals surface area (Å²) >= 11 is 4.57. The number of hydrogen-bond acceptors (Lipinski definition) is 6. The molecule has 0 radical (unpaired) electrons. The van der Waals surface area contributed by atoms with Crippen molar-refractivity contribution in [2.24, 2.45) is 0 Å². The number of ether oxygens (including phenoxy) is 2. The van der Waals surface area contributed by atoms with E-state index in [4.69, 9.17) is 9.47 Å². The molecule has 0 atom stereocenters. The number of carbonyl (C=O) groups is 1. The molecule has 0 aliphatic carbocycles. The third-order valence-corrected chi connectivity index (χ3v) is 4.65. The Bertz CT molecular complexity index is 799. The van der Waals surface area contributed by atoms with Gasteiger partial charge in [0.15, 0.2) is 17.3 Å². The number of rotatable bonds is 4. The second-order valence-corrected chi connectivity index (χ2v) is 6.18. The Morgan fingerprint density at radius 3 is 2.68 bits per heavy atom. The number of hydrogen-bond donors (Lipinski definition) is 0. The average Bonchev–Trinajstić information content (AvgIpc) is 3.11. The Balaban J connectivity index is 1.92. The summed E-state index contributed by atoms with van der Waals surface area (Å²) < 4.78 is 11.1. The fourth-order valence-electron chi connectivity index (χ4n) is 1.93. The van der Waals surface area contributed by atoms with Crippen LogP contribution in [0.15, 0.2) is 34.1 Å². The number of fused-ring (bicyclic) bond motifs is 1. The van der Waals surface area contributed by atoms with E-state index in [1.807, 2.05) is 0 Å². The summed E-state index contributed by atoms with van der Waals surface area (Å²) in [6.45, 7) is 0.0296. The molecule has 0 fully saturated rings. The fraction of sp³-hybridized carbons (Fsp3) is 0.0714. The molecule has 0 amide bonds. The number of carbonyl (C=O) groups excluding carboxylic acids is 1. The van der Waals surface area contributed by atoms with Gasteiger partial charge in [0.05, 0.1) is 21.4 Å². The highest BCUT2D eigenvalue weighted by Gasteiger charge is 2.22. The van der Waals surface area contributed by atoms with Gasteiger partial charge in [-0.05, 0) is 40.2 Å². The molecule has 0 saturated heterocycles. The molecule has 2 heterocycles. The Morgan fingerprint density at radius 2 is 2.05 bits per heavy atom. The average molecular weight is 382 g/mol. The van der Waals surface area contributed by atoms with Crippen molar-refractivity contribution in [2.75, 3.05) is 6.79 Å². The van der Waals surface area contributed by atoms with Crippen LogP contribution in [0.4, 0.5) is 5.69 Å². The summed E-state index contributed by atoms with van der Waals surface area (Å²) in [5.74, 6) is 0.539. The van der Waals surface area contributed by atoms with E-state index in [9.17, 15) is 14.9 Å². The first kappa shape index (κ1) is 14.7. The largest absolute Gasteiger partial charge is 0.454 e. The zero-order chi connectivity index (χ0) is 15.7. The van der Waals surface area contributed by atoms with Gasteiger partial charge in [0.1, 0.15) is 0 Å². The predicted octanol–water partition coefficient (Wildman–Crippen LogP) is 4.04. The second kappa shape index (κ2) is 5.90. The lowest BCUT2D eigenvalue weighted by atomic mass is 10.1. The zero-order valence-corrected chi connectivity index (χ0v) is 13.3. The van der Waals surface area contributed by atoms with Crippen LogP contribution >= 0.6 is 27.3 Å². The van der Waals surface area contributed by atoms with Crippen molar-refractivity contribution in [3.05, 3.63) is 54.7 Å². The molecule has 8 heteroatoms. The van der Waals surface area contributed by atoms with Gasteiger partial charge in [-0.1, -0.05) is 0 Å². The Kier molecular flexibility index (Phi) is 3.95. The smallest absolute Gasteiger partial charge is 0.280 e. The van der Waals surface area contributed by atoms with E-state index in [0.717, 1.165) is 4.47 Å². The summed E-state index contributed by atoms with van der Waals surface area (Å²) in [6, 6.07) is 4.49. The van der Waals surface area contributed by atoms with Crippen molar-refractivity contribution in [1.82, 2.24) is 0 Å². The van der Waals surface area contributed by atoms with E-state index >= 15 is 0 Å². The number of nitro groups is 1. The number of halogens is 1. The highest BCUT2D eigenvalue weighted by Crippen LogP contribution is 2.38. The number of thiophene rings is 1. The standard InChI is InChI=1S/C14H8BrNO5S/c15-9-4-14(22-6-9)11(17)2-1-8-3-12-13(21-7-20-12)5-10(8)16(18)19/h1-6H,7H2/b2-1+. The molecule has 1 aromatic carbocycles. The highest BCUT2D eigenvalue weighted by atomic mass is 79.9. The quantitative estimate of drug-likeness (QED) is 0.345. The minimum Gasteiger partial charge on any atom is -0.454 e. The molecule has 1 aliphatic heterocycles. The van der Waals surface area contributed by atoms with Gasteiger partial charge in [0.2, 0.25) is 6.79 Å². The van der Waals surface area contributed by atoms with E-state index in [2.05, 4.69) is 15.9 Å². The van der Waals surface area contributed by atoms with Gasteiger partial charge >= 0.3 is 0 Å². The van der Waals surface area contributed by atoms with Crippen LogP contribution in [0.1, 0.15) is 15.2 Å². The van der Waals surface area contributed by atoms with Crippen LogP contribution < -0.4 is 9.47 Å². The van der Waals surface area contributed by atoms with Gasteiger partial charge in [0.25, 0.3) is 5.69 Å². The van der Waals surface area contributed by atoms with Crippen molar-refractivity contribution in [2.45, 2.75) is 0 Å². The van der Waals surface area contributed by atoms with Crippen LogP contribution in [0.25, 0.3) is 6.08 Å². The molecule has 0 N–H and O–H groups in total. The highest BCUT2D eigenvalue weighted by molar-refractivity contribution is 9.10. The molecule has 0 unspecified atom stereocenters. The lowest BCUT2D eigenvalue weighted by molar-refractivity contribution is -0.385. The maximum Gasteiger partial charge on any atom is 0.280 e. The molecule has 6 nitrogen and oxygen atoms in total. The second-order valence-electron chi connectivity index (χ2n) is 4.35.